The fourth-order valence-corrected chi connectivity index (χ4v) is 1.19. The number of nitrogens with one attached hydrogen (secondary N) is 1. The van der Waals surface area contributed by atoms with Crippen molar-refractivity contribution < 1.29 is 4.74 Å². The first-order valence-electron chi connectivity index (χ1n) is 4.21. The minimum atomic E-state index is 0.461. The highest BCUT2D eigenvalue weighted by Crippen LogP contribution is 2.05. The number of hydrogen-bond donors (Lipinski definition) is 1. The zero-order valence-electron chi connectivity index (χ0n) is 6.89. The van der Waals surface area contributed by atoms with Crippen LogP contribution in [0.4, 0.5) is 0 Å². The third kappa shape index (κ3) is 1.96. The van der Waals surface area contributed by atoms with Gasteiger partial charge in [-0.2, -0.15) is 0 Å². The van der Waals surface area contributed by atoms with E-state index in [1.165, 1.54) is 6.42 Å². The molecule has 0 aromatic carbocycles. The first kappa shape index (κ1) is 8.02. The maximum absolute atomic E-state index is 5.57. The molecule has 1 saturated heterocycles. The van der Waals surface area contributed by atoms with Crippen LogP contribution in [0.25, 0.3) is 0 Å². The van der Waals surface area contributed by atoms with Gasteiger partial charge in [-0.05, 0) is 12.8 Å². The van der Waals surface area contributed by atoms with E-state index < -0.39 is 0 Å². The SMILES string of the molecule is CC[C@H]1CO[C@H](CC)CN1. The van der Waals surface area contributed by atoms with Crippen molar-refractivity contribution in [2.24, 2.45) is 0 Å². The van der Waals surface area contributed by atoms with E-state index in [0.29, 0.717) is 12.1 Å². The first-order chi connectivity index (χ1) is 4.86. The fourth-order valence-electron chi connectivity index (χ4n) is 1.19. The normalized spacial score (nSPS) is 34.2. The van der Waals surface area contributed by atoms with Crippen molar-refractivity contribution >= 4 is 0 Å². The van der Waals surface area contributed by atoms with Gasteiger partial charge in [0.1, 0.15) is 0 Å². The van der Waals surface area contributed by atoms with E-state index in [1.807, 2.05) is 0 Å². The molecule has 1 aliphatic heterocycles. The maximum atomic E-state index is 5.57. The summed E-state index contributed by atoms with van der Waals surface area (Å²) in [6.45, 7) is 6.29. The Morgan fingerprint density at radius 3 is 2.60 bits per heavy atom. The molecule has 0 aromatic rings. The van der Waals surface area contributed by atoms with Crippen molar-refractivity contribution in [2.45, 2.75) is 38.8 Å². The molecule has 0 aromatic heterocycles. The summed E-state index contributed by atoms with van der Waals surface area (Å²) in [4.78, 5) is 0. The average molecular weight is 143 g/mol. The summed E-state index contributed by atoms with van der Waals surface area (Å²) < 4.78 is 5.57. The van der Waals surface area contributed by atoms with Crippen molar-refractivity contribution in [1.82, 2.24) is 5.32 Å². The lowest BCUT2D eigenvalue weighted by atomic mass is 10.1. The molecule has 1 N–H and O–H groups in total. The molecule has 0 unspecified atom stereocenters. The van der Waals surface area contributed by atoms with Gasteiger partial charge in [-0.1, -0.05) is 13.8 Å². The van der Waals surface area contributed by atoms with E-state index in [0.717, 1.165) is 19.6 Å². The molecular weight excluding hydrogens is 126 g/mol. The van der Waals surface area contributed by atoms with Crippen molar-refractivity contribution in [2.75, 3.05) is 13.2 Å². The van der Waals surface area contributed by atoms with Gasteiger partial charge in [-0.3, -0.25) is 0 Å². The highest BCUT2D eigenvalue weighted by Gasteiger charge is 2.17. The molecular formula is C8H17NO. The molecule has 1 fully saturated rings. The molecule has 60 valence electrons. The quantitative estimate of drug-likeness (QED) is 0.626. The molecule has 2 atom stereocenters. The number of ether oxygens (including phenoxy) is 1. The third-order valence-electron chi connectivity index (χ3n) is 2.12. The largest absolute Gasteiger partial charge is 0.375 e. The van der Waals surface area contributed by atoms with E-state index in [2.05, 4.69) is 19.2 Å². The Morgan fingerprint density at radius 2 is 2.20 bits per heavy atom. The van der Waals surface area contributed by atoms with Crippen LogP contribution in [-0.2, 0) is 4.74 Å². The molecule has 1 heterocycles. The number of morpholine rings is 1. The Hall–Kier alpha value is -0.0800. The van der Waals surface area contributed by atoms with Gasteiger partial charge >= 0.3 is 0 Å². The summed E-state index contributed by atoms with van der Waals surface area (Å²) in [6, 6.07) is 0.600. The lowest BCUT2D eigenvalue weighted by Crippen LogP contribution is -2.45. The van der Waals surface area contributed by atoms with Crippen LogP contribution in [0.1, 0.15) is 26.7 Å². The minimum absolute atomic E-state index is 0.461. The van der Waals surface area contributed by atoms with Gasteiger partial charge in [-0.15, -0.1) is 0 Å². The highest BCUT2D eigenvalue weighted by atomic mass is 16.5. The van der Waals surface area contributed by atoms with E-state index in [-0.39, 0.29) is 0 Å². The highest BCUT2D eigenvalue weighted by molar-refractivity contribution is 4.73. The molecule has 10 heavy (non-hydrogen) atoms. The van der Waals surface area contributed by atoms with Crippen LogP contribution in [0, 0.1) is 0 Å². The second-order valence-corrected chi connectivity index (χ2v) is 2.88. The van der Waals surface area contributed by atoms with Gasteiger partial charge in [0.15, 0.2) is 0 Å². The van der Waals surface area contributed by atoms with Gasteiger partial charge in [0.2, 0.25) is 0 Å². The lowest BCUT2D eigenvalue weighted by molar-refractivity contribution is 0.00190. The maximum Gasteiger partial charge on any atom is 0.0697 e. The van der Waals surface area contributed by atoms with Crippen LogP contribution >= 0.6 is 0 Å². The third-order valence-corrected chi connectivity index (χ3v) is 2.12. The molecule has 0 amide bonds. The Balaban J connectivity index is 2.17. The molecule has 1 rings (SSSR count). The minimum Gasteiger partial charge on any atom is -0.375 e. The van der Waals surface area contributed by atoms with Crippen LogP contribution in [0.15, 0.2) is 0 Å². The molecule has 2 nitrogen and oxygen atoms in total. The summed E-state index contributed by atoms with van der Waals surface area (Å²) in [5, 5.41) is 3.44. The Morgan fingerprint density at radius 1 is 1.40 bits per heavy atom. The standard InChI is InChI=1S/C8H17NO/c1-3-7-6-10-8(4-2)5-9-7/h7-9H,3-6H2,1-2H3/t7-,8+/m0/s1. The second-order valence-electron chi connectivity index (χ2n) is 2.88. The van der Waals surface area contributed by atoms with Gasteiger partial charge in [0, 0.05) is 12.6 Å². The Bertz CT molecular complexity index is 75.3. The number of hydrogen-bond acceptors (Lipinski definition) is 2. The Kier molecular flexibility index (Phi) is 3.16. The lowest BCUT2D eigenvalue weighted by Gasteiger charge is -2.28. The van der Waals surface area contributed by atoms with Crippen molar-refractivity contribution in [3.05, 3.63) is 0 Å². The average Bonchev–Trinajstić information content (AvgIpc) is 2.05. The molecule has 0 radical (unpaired) electrons. The molecule has 0 spiro atoms. The topological polar surface area (TPSA) is 21.3 Å². The summed E-state index contributed by atoms with van der Waals surface area (Å²) in [5.74, 6) is 0. The summed E-state index contributed by atoms with van der Waals surface area (Å²) in [5.41, 5.74) is 0. The predicted octanol–water partition coefficient (Wildman–Crippen LogP) is 1.16. The van der Waals surface area contributed by atoms with E-state index in [4.69, 9.17) is 4.74 Å². The van der Waals surface area contributed by atoms with Crippen LogP contribution in [0.5, 0.6) is 0 Å². The van der Waals surface area contributed by atoms with E-state index in [9.17, 15) is 0 Å². The molecule has 0 aliphatic carbocycles. The smallest absolute Gasteiger partial charge is 0.0697 e. The summed E-state index contributed by atoms with van der Waals surface area (Å²) in [6.07, 6.45) is 2.77. The fraction of sp³-hybridized carbons (Fsp3) is 1.00. The van der Waals surface area contributed by atoms with Gasteiger partial charge < -0.3 is 10.1 Å². The Labute approximate surface area is 63.0 Å². The van der Waals surface area contributed by atoms with Crippen molar-refractivity contribution in [1.29, 1.82) is 0 Å². The molecule has 0 bridgehead atoms. The van der Waals surface area contributed by atoms with E-state index in [1.54, 1.807) is 0 Å². The van der Waals surface area contributed by atoms with Gasteiger partial charge in [0.05, 0.1) is 12.7 Å². The monoisotopic (exact) mass is 143 g/mol. The zero-order valence-corrected chi connectivity index (χ0v) is 6.89. The van der Waals surface area contributed by atoms with Crippen molar-refractivity contribution in [3.63, 3.8) is 0 Å². The van der Waals surface area contributed by atoms with Crippen LogP contribution < -0.4 is 5.32 Å². The number of rotatable bonds is 2. The summed E-state index contributed by atoms with van der Waals surface area (Å²) >= 11 is 0. The van der Waals surface area contributed by atoms with Crippen LogP contribution in [0.2, 0.25) is 0 Å². The van der Waals surface area contributed by atoms with Crippen molar-refractivity contribution in [3.8, 4) is 0 Å². The molecule has 1 aliphatic rings. The summed E-state index contributed by atoms with van der Waals surface area (Å²) in [7, 11) is 0. The molecule has 2 heteroatoms. The van der Waals surface area contributed by atoms with Gasteiger partial charge in [0.25, 0.3) is 0 Å². The predicted molar refractivity (Wildman–Crippen MR) is 42.1 cm³/mol. The van der Waals surface area contributed by atoms with Crippen LogP contribution in [-0.4, -0.2) is 25.3 Å². The second kappa shape index (κ2) is 3.94. The molecule has 0 saturated carbocycles. The zero-order chi connectivity index (χ0) is 7.40. The van der Waals surface area contributed by atoms with Crippen LogP contribution in [0.3, 0.4) is 0 Å². The van der Waals surface area contributed by atoms with Gasteiger partial charge in [-0.25, -0.2) is 0 Å². The van der Waals surface area contributed by atoms with E-state index >= 15 is 0 Å². The first-order valence-corrected chi connectivity index (χ1v) is 4.21.